The van der Waals surface area contributed by atoms with Crippen molar-refractivity contribution in [2.24, 2.45) is 0 Å². The number of nitrogens with zero attached hydrogens (tertiary/aromatic N) is 1. The molecule has 86 valence electrons. The van der Waals surface area contributed by atoms with Crippen molar-refractivity contribution in [1.82, 2.24) is 0 Å². The molecule has 0 radical (unpaired) electrons. The van der Waals surface area contributed by atoms with Crippen LogP contribution in [0.2, 0.25) is 5.02 Å². The maximum Gasteiger partial charge on any atom is 0.0995 e. The maximum atomic E-state index is 10.4. The minimum Gasteiger partial charge on any atom is -0.385 e. The fraction of sp³-hybridized carbons (Fsp3) is 0.214. The van der Waals surface area contributed by atoms with Crippen LogP contribution in [0.25, 0.3) is 5.57 Å². The fourth-order valence-corrected chi connectivity index (χ4v) is 2.30. The molecular formula is C14H12ClNO. The number of aliphatic hydroxyl groups is 1. The van der Waals surface area contributed by atoms with E-state index in [0.29, 0.717) is 22.6 Å². The Morgan fingerprint density at radius 3 is 2.76 bits per heavy atom. The number of nitriles is 1. The number of halogens is 1. The van der Waals surface area contributed by atoms with E-state index in [1.54, 1.807) is 25.1 Å². The Hall–Kier alpha value is -1.56. The van der Waals surface area contributed by atoms with E-state index in [1.807, 2.05) is 18.2 Å². The number of rotatable bonds is 1. The summed E-state index contributed by atoms with van der Waals surface area (Å²) in [5.41, 5.74) is 0.743. The number of allylic oxidation sites excluding steroid dienone is 2. The Balaban J connectivity index is 2.69. The van der Waals surface area contributed by atoms with Gasteiger partial charge in [0.05, 0.1) is 17.2 Å². The molecule has 0 aromatic heterocycles. The van der Waals surface area contributed by atoms with Crippen LogP contribution in [-0.2, 0) is 0 Å². The Morgan fingerprint density at radius 1 is 1.41 bits per heavy atom. The van der Waals surface area contributed by atoms with Crippen molar-refractivity contribution in [3.63, 3.8) is 0 Å². The van der Waals surface area contributed by atoms with Gasteiger partial charge in [0.15, 0.2) is 0 Å². The summed E-state index contributed by atoms with van der Waals surface area (Å²) in [7, 11) is 0. The van der Waals surface area contributed by atoms with Crippen LogP contribution in [0.4, 0.5) is 0 Å². The van der Waals surface area contributed by atoms with Crippen LogP contribution < -0.4 is 0 Å². The van der Waals surface area contributed by atoms with Crippen LogP contribution in [0, 0.1) is 11.3 Å². The van der Waals surface area contributed by atoms with Crippen LogP contribution in [-0.4, -0.2) is 10.7 Å². The molecule has 0 amide bonds. The van der Waals surface area contributed by atoms with Crippen LogP contribution in [0.1, 0.15) is 18.9 Å². The van der Waals surface area contributed by atoms with Crippen molar-refractivity contribution in [2.75, 3.05) is 0 Å². The Kier molecular flexibility index (Phi) is 3.06. The van der Waals surface area contributed by atoms with Gasteiger partial charge in [0.25, 0.3) is 0 Å². The highest BCUT2D eigenvalue weighted by molar-refractivity contribution is 6.32. The normalized spacial score (nSPS) is 23.6. The summed E-state index contributed by atoms with van der Waals surface area (Å²) >= 11 is 6.13. The van der Waals surface area contributed by atoms with Gasteiger partial charge >= 0.3 is 0 Å². The summed E-state index contributed by atoms with van der Waals surface area (Å²) in [6, 6.07) is 9.36. The van der Waals surface area contributed by atoms with Crippen molar-refractivity contribution in [3.8, 4) is 6.07 Å². The zero-order valence-corrected chi connectivity index (χ0v) is 10.2. The largest absolute Gasteiger partial charge is 0.385 e. The third kappa shape index (κ3) is 2.12. The molecule has 0 heterocycles. The topological polar surface area (TPSA) is 44.0 Å². The summed E-state index contributed by atoms with van der Waals surface area (Å²) in [6.07, 6.45) is 4.02. The second-order valence-electron chi connectivity index (χ2n) is 4.26. The van der Waals surface area contributed by atoms with E-state index in [1.165, 1.54) is 0 Å². The van der Waals surface area contributed by atoms with Crippen LogP contribution in [0.5, 0.6) is 0 Å². The molecule has 2 rings (SSSR count). The average molecular weight is 246 g/mol. The molecule has 1 aliphatic carbocycles. The molecule has 1 N–H and O–H groups in total. The van der Waals surface area contributed by atoms with Crippen molar-refractivity contribution < 1.29 is 5.11 Å². The lowest BCUT2D eigenvalue weighted by Gasteiger charge is -2.29. The molecule has 0 fully saturated rings. The lowest BCUT2D eigenvalue weighted by atomic mass is 9.80. The Labute approximate surface area is 105 Å². The molecule has 0 saturated carbocycles. The van der Waals surface area contributed by atoms with E-state index >= 15 is 0 Å². The second kappa shape index (κ2) is 4.37. The number of benzene rings is 1. The fourth-order valence-electron chi connectivity index (χ4n) is 2.07. The van der Waals surface area contributed by atoms with E-state index in [0.717, 1.165) is 5.56 Å². The SMILES string of the molecule is C[C@@]1(O)CC=CC(C#N)=C1c1ccccc1Cl. The first-order valence-corrected chi connectivity index (χ1v) is 5.73. The van der Waals surface area contributed by atoms with E-state index < -0.39 is 5.60 Å². The van der Waals surface area contributed by atoms with Gasteiger partial charge in [0.1, 0.15) is 0 Å². The quantitative estimate of drug-likeness (QED) is 0.825. The van der Waals surface area contributed by atoms with Gasteiger partial charge in [-0.15, -0.1) is 0 Å². The van der Waals surface area contributed by atoms with Crippen LogP contribution in [0.3, 0.4) is 0 Å². The molecule has 17 heavy (non-hydrogen) atoms. The van der Waals surface area contributed by atoms with Crippen molar-refractivity contribution in [1.29, 1.82) is 5.26 Å². The van der Waals surface area contributed by atoms with Gasteiger partial charge < -0.3 is 5.11 Å². The van der Waals surface area contributed by atoms with E-state index in [-0.39, 0.29) is 0 Å². The van der Waals surface area contributed by atoms with E-state index in [4.69, 9.17) is 16.9 Å². The number of hydrogen-bond acceptors (Lipinski definition) is 2. The van der Waals surface area contributed by atoms with Crippen LogP contribution >= 0.6 is 11.6 Å². The summed E-state index contributed by atoms with van der Waals surface area (Å²) < 4.78 is 0. The molecule has 0 aliphatic heterocycles. The molecule has 0 spiro atoms. The summed E-state index contributed by atoms with van der Waals surface area (Å²) in [5.74, 6) is 0. The molecule has 0 saturated heterocycles. The van der Waals surface area contributed by atoms with Crippen LogP contribution in [0.15, 0.2) is 42.0 Å². The highest BCUT2D eigenvalue weighted by Gasteiger charge is 2.31. The Morgan fingerprint density at radius 2 is 2.12 bits per heavy atom. The first kappa shape index (κ1) is 11.9. The minimum absolute atomic E-state index is 0.467. The van der Waals surface area contributed by atoms with Gasteiger partial charge in [0, 0.05) is 16.2 Å². The first-order valence-electron chi connectivity index (χ1n) is 5.35. The molecular weight excluding hydrogens is 234 g/mol. The standard InChI is InChI=1S/C14H12ClNO/c1-14(17)8-4-5-10(9-16)13(14)11-6-2-3-7-12(11)15/h2-7,17H,8H2,1H3/t14-/m1/s1. The molecule has 1 aromatic carbocycles. The average Bonchev–Trinajstić information content (AvgIpc) is 2.29. The van der Waals surface area contributed by atoms with Gasteiger partial charge in [0.2, 0.25) is 0 Å². The van der Waals surface area contributed by atoms with Crippen molar-refractivity contribution >= 4 is 17.2 Å². The predicted molar refractivity (Wildman–Crippen MR) is 68.4 cm³/mol. The zero-order chi connectivity index (χ0) is 12.5. The lowest BCUT2D eigenvalue weighted by molar-refractivity contribution is 0.124. The van der Waals surface area contributed by atoms with Gasteiger partial charge in [-0.3, -0.25) is 0 Å². The molecule has 1 aliphatic rings. The third-order valence-corrected chi connectivity index (χ3v) is 3.20. The lowest BCUT2D eigenvalue weighted by Crippen LogP contribution is -2.28. The van der Waals surface area contributed by atoms with Gasteiger partial charge in [-0.25, -0.2) is 0 Å². The summed E-state index contributed by atoms with van der Waals surface area (Å²) in [4.78, 5) is 0. The smallest absolute Gasteiger partial charge is 0.0995 e. The van der Waals surface area contributed by atoms with Crippen molar-refractivity contribution in [2.45, 2.75) is 18.9 Å². The van der Waals surface area contributed by atoms with E-state index in [9.17, 15) is 5.11 Å². The molecule has 2 nitrogen and oxygen atoms in total. The van der Waals surface area contributed by atoms with E-state index in [2.05, 4.69) is 6.07 Å². The monoisotopic (exact) mass is 245 g/mol. The van der Waals surface area contributed by atoms with Gasteiger partial charge in [-0.1, -0.05) is 35.9 Å². The maximum absolute atomic E-state index is 10.4. The first-order chi connectivity index (χ1) is 8.06. The minimum atomic E-state index is -1.05. The van der Waals surface area contributed by atoms with Gasteiger partial charge in [-0.2, -0.15) is 5.26 Å². The molecule has 0 unspecified atom stereocenters. The molecule has 1 atom stereocenters. The third-order valence-electron chi connectivity index (χ3n) is 2.87. The highest BCUT2D eigenvalue weighted by atomic mass is 35.5. The molecule has 3 heteroatoms. The molecule has 1 aromatic rings. The van der Waals surface area contributed by atoms with Gasteiger partial charge in [-0.05, 0) is 25.5 Å². The summed E-state index contributed by atoms with van der Waals surface area (Å²) in [5, 5.41) is 20.1. The summed E-state index contributed by atoms with van der Waals surface area (Å²) in [6.45, 7) is 1.70. The predicted octanol–water partition coefficient (Wildman–Crippen LogP) is 3.33. The number of hydrogen-bond donors (Lipinski definition) is 1. The molecule has 0 bridgehead atoms. The van der Waals surface area contributed by atoms with Crippen molar-refractivity contribution in [3.05, 3.63) is 52.6 Å². The second-order valence-corrected chi connectivity index (χ2v) is 4.67. The Bertz CT molecular complexity index is 550. The highest BCUT2D eigenvalue weighted by Crippen LogP contribution is 2.39. The zero-order valence-electron chi connectivity index (χ0n) is 9.44.